The van der Waals surface area contributed by atoms with E-state index in [1.165, 1.54) is 24.3 Å². The van der Waals surface area contributed by atoms with Gasteiger partial charge in [-0.05, 0) is 31.5 Å². The highest BCUT2D eigenvalue weighted by Gasteiger charge is 2.24. The van der Waals surface area contributed by atoms with Gasteiger partial charge in [0.1, 0.15) is 0 Å². The predicted octanol–water partition coefficient (Wildman–Crippen LogP) is 1.83. The molecular formula is C15H22N4O4. The van der Waals surface area contributed by atoms with Crippen molar-refractivity contribution in [2.45, 2.75) is 18.9 Å². The Bertz CT molecular complexity index is 535. The van der Waals surface area contributed by atoms with Crippen molar-refractivity contribution in [1.82, 2.24) is 10.2 Å². The smallest absolute Gasteiger partial charge is 0.319 e. The number of rotatable bonds is 7. The van der Waals surface area contributed by atoms with E-state index >= 15 is 0 Å². The second-order valence-electron chi connectivity index (χ2n) is 5.46. The Hall–Kier alpha value is -2.19. The van der Waals surface area contributed by atoms with Gasteiger partial charge in [-0.15, -0.1) is 0 Å². The number of likely N-dealkylation sites (tertiary alicyclic amines) is 1. The zero-order valence-electron chi connectivity index (χ0n) is 13.2. The molecule has 126 valence electrons. The summed E-state index contributed by atoms with van der Waals surface area (Å²) in [6, 6.07) is 5.76. The number of amides is 2. The molecule has 1 aromatic carbocycles. The third-order valence-electron chi connectivity index (χ3n) is 3.92. The predicted molar refractivity (Wildman–Crippen MR) is 86.6 cm³/mol. The maximum absolute atomic E-state index is 11.9. The highest BCUT2D eigenvalue weighted by Crippen LogP contribution is 2.17. The van der Waals surface area contributed by atoms with Crippen molar-refractivity contribution in [3.63, 3.8) is 0 Å². The summed E-state index contributed by atoms with van der Waals surface area (Å²) in [5.74, 6) is 0. The van der Waals surface area contributed by atoms with E-state index in [1.54, 1.807) is 7.11 Å². The molecule has 1 unspecified atom stereocenters. The fourth-order valence-electron chi connectivity index (χ4n) is 2.68. The number of ether oxygens (including phenoxy) is 1. The quantitative estimate of drug-likeness (QED) is 0.589. The zero-order chi connectivity index (χ0) is 16.7. The van der Waals surface area contributed by atoms with Crippen LogP contribution in [0.1, 0.15) is 12.8 Å². The third kappa shape index (κ3) is 5.19. The third-order valence-corrected chi connectivity index (χ3v) is 3.92. The maximum atomic E-state index is 11.9. The number of carbonyl (C=O) groups is 1. The highest BCUT2D eigenvalue weighted by molar-refractivity contribution is 5.89. The lowest BCUT2D eigenvalue weighted by atomic mass is 10.2. The van der Waals surface area contributed by atoms with Gasteiger partial charge in [0.05, 0.1) is 11.5 Å². The van der Waals surface area contributed by atoms with E-state index in [2.05, 4.69) is 15.5 Å². The van der Waals surface area contributed by atoms with Crippen molar-refractivity contribution < 1.29 is 14.5 Å². The Morgan fingerprint density at radius 3 is 2.83 bits per heavy atom. The van der Waals surface area contributed by atoms with Crippen LogP contribution >= 0.6 is 0 Å². The summed E-state index contributed by atoms with van der Waals surface area (Å²) in [4.78, 5) is 24.3. The van der Waals surface area contributed by atoms with Crippen molar-refractivity contribution in [1.29, 1.82) is 0 Å². The first-order valence-corrected chi connectivity index (χ1v) is 7.62. The maximum Gasteiger partial charge on any atom is 0.319 e. The van der Waals surface area contributed by atoms with Gasteiger partial charge in [-0.2, -0.15) is 0 Å². The molecule has 0 aliphatic carbocycles. The van der Waals surface area contributed by atoms with Gasteiger partial charge in [0, 0.05) is 44.1 Å². The van der Waals surface area contributed by atoms with Crippen LogP contribution < -0.4 is 10.6 Å². The van der Waals surface area contributed by atoms with E-state index in [0.717, 1.165) is 25.9 Å². The van der Waals surface area contributed by atoms with E-state index in [4.69, 9.17) is 4.74 Å². The number of nitrogens with zero attached hydrogens (tertiary/aromatic N) is 2. The van der Waals surface area contributed by atoms with Crippen molar-refractivity contribution in [2.24, 2.45) is 0 Å². The van der Waals surface area contributed by atoms with Crippen molar-refractivity contribution in [2.75, 3.05) is 38.7 Å². The average molecular weight is 322 g/mol. The van der Waals surface area contributed by atoms with Crippen LogP contribution in [-0.4, -0.2) is 55.2 Å². The van der Waals surface area contributed by atoms with Crippen LogP contribution in [0, 0.1) is 10.1 Å². The van der Waals surface area contributed by atoms with Gasteiger partial charge in [0.25, 0.3) is 5.69 Å². The number of hydrogen-bond donors (Lipinski definition) is 2. The number of nitro benzene ring substituents is 1. The molecule has 0 radical (unpaired) electrons. The molecule has 1 aliphatic heterocycles. The van der Waals surface area contributed by atoms with Crippen LogP contribution in [0.4, 0.5) is 16.2 Å². The molecule has 2 rings (SSSR count). The van der Waals surface area contributed by atoms with Crippen molar-refractivity contribution in [3.8, 4) is 0 Å². The fraction of sp³-hybridized carbons (Fsp3) is 0.533. The minimum atomic E-state index is -0.474. The van der Waals surface area contributed by atoms with E-state index in [0.29, 0.717) is 24.9 Å². The number of carbonyl (C=O) groups excluding carboxylic acids is 1. The summed E-state index contributed by atoms with van der Waals surface area (Å²) in [5, 5.41) is 16.1. The first-order chi connectivity index (χ1) is 11.1. The Labute approximate surface area is 134 Å². The Balaban J connectivity index is 1.77. The molecule has 23 heavy (non-hydrogen) atoms. The van der Waals surface area contributed by atoms with Crippen molar-refractivity contribution >= 4 is 17.4 Å². The molecule has 0 saturated carbocycles. The first kappa shape index (κ1) is 17.2. The SMILES string of the molecule is COCCN1CCCC1CNC(=O)Nc1ccc([N+](=O)[O-])cc1. The van der Waals surface area contributed by atoms with E-state index < -0.39 is 4.92 Å². The molecule has 0 aromatic heterocycles. The van der Waals surface area contributed by atoms with Crippen LogP contribution in [0.5, 0.6) is 0 Å². The number of methoxy groups -OCH3 is 1. The lowest BCUT2D eigenvalue weighted by Gasteiger charge is -2.24. The molecule has 1 aliphatic rings. The van der Waals surface area contributed by atoms with Gasteiger partial charge in [-0.1, -0.05) is 0 Å². The second-order valence-corrected chi connectivity index (χ2v) is 5.46. The molecule has 1 atom stereocenters. The number of nitro groups is 1. The van der Waals surface area contributed by atoms with Gasteiger partial charge in [0.2, 0.25) is 0 Å². The van der Waals surface area contributed by atoms with Gasteiger partial charge < -0.3 is 15.4 Å². The molecule has 1 heterocycles. The standard InChI is InChI=1S/C15H22N4O4/c1-23-10-9-18-8-2-3-14(18)11-16-15(20)17-12-4-6-13(7-5-12)19(21)22/h4-7,14H,2-3,8-11H2,1H3,(H2,16,17,20). The summed E-state index contributed by atoms with van der Waals surface area (Å²) in [6.45, 7) is 3.15. The zero-order valence-corrected chi connectivity index (χ0v) is 13.2. The number of nitrogens with one attached hydrogen (secondary N) is 2. The van der Waals surface area contributed by atoms with E-state index in [9.17, 15) is 14.9 Å². The Kier molecular flexibility index (Phi) is 6.30. The van der Waals surface area contributed by atoms with Gasteiger partial charge in [-0.3, -0.25) is 15.0 Å². The Morgan fingerprint density at radius 1 is 1.43 bits per heavy atom. The molecule has 0 bridgehead atoms. The largest absolute Gasteiger partial charge is 0.383 e. The minimum absolute atomic E-state index is 0.00398. The van der Waals surface area contributed by atoms with Crippen LogP contribution in [0.15, 0.2) is 24.3 Å². The summed E-state index contributed by atoms with van der Waals surface area (Å²) < 4.78 is 5.09. The molecule has 0 spiro atoms. The molecule has 8 nitrogen and oxygen atoms in total. The van der Waals surface area contributed by atoms with Gasteiger partial charge in [-0.25, -0.2) is 4.79 Å². The summed E-state index contributed by atoms with van der Waals surface area (Å²) in [6.07, 6.45) is 2.18. The number of benzene rings is 1. The second kappa shape index (κ2) is 8.44. The molecule has 2 amide bonds. The molecule has 1 aromatic rings. The molecular weight excluding hydrogens is 300 g/mol. The fourth-order valence-corrected chi connectivity index (χ4v) is 2.68. The number of anilines is 1. The van der Waals surface area contributed by atoms with Gasteiger partial charge in [0.15, 0.2) is 0 Å². The van der Waals surface area contributed by atoms with Crippen LogP contribution in [0.3, 0.4) is 0 Å². The summed E-state index contributed by atoms with van der Waals surface area (Å²) >= 11 is 0. The molecule has 2 N–H and O–H groups in total. The van der Waals surface area contributed by atoms with Crippen LogP contribution in [0.2, 0.25) is 0 Å². The van der Waals surface area contributed by atoms with Gasteiger partial charge >= 0.3 is 6.03 Å². The molecule has 1 saturated heterocycles. The summed E-state index contributed by atoms with van der Waals surface area (Å²) in [5.41, 5.74) is 0.520. The average Bonchev–Trinajstić information content (AvgIpc) is 2.99. The Morgan fingerprint density at radius 2 is 2.17 bits per heavy atom. The topological polar surface area (TPSA) is 96.7 Å². The molecule has 8 heteroatoms. The lowest BCUT2D eigenvalue weighted by Crippen LogP contribution is -2.42. The van der Waals surface area contributed by atoms with Crippen molar-refractivity contribution in [3.05, 3.63) is 34.4 Å². The highest BCUT2D eigenvalue weighted by atomic mass is 16.6. The van der Waals surface area contributed by atoms with Crippen LogP contribution in [0.25, 0.3) is 0 Å². The lowest BCUT2D eigenvalue weighted by molar-refractivity contribution is -0.384. The number of urea groups is 1. The van der Waals surface area contributed by atoms with E-state index in [-0.39, 0.29) is 11.7 Å². The number of hydrogen-bond acceptors (Lipinski definition) is 5. The normalized spacial score (nSPS) is 17.9. The first-order valence-electron chi connectivity index (χ1n) is 7.62. The monoisotopic (exact) mass is 322 g/mol. The molecule has 1 fully saturated rings. The van der Waals surface area contributed by atoms with E-state index in [1.807, 2.05) is 0 Å². The minimum Gasteiger partial charge on any atom is -0.383 e. The van der Waals surface area contributed by atoms with Crippen LogP contribution in [-0.2, 0) is 4.74 Å². The summed E-state index contributed by atoms with van der Waals surface area (Å²) in [7, 11) is 1.68. The number of non-ortho nitro benzene ring substituents is 1.